The Kier molecular flexibility index (Phi) is 4.49. The van der Waals surface area contributed by atoms with E-state index in [1.807, 2.05) is 0 Å². The summed E-state index contributed by atoms with van der Waals surface area (Å²) in [6.45, 7) is 1.80. The van der Waals surface area contributed by atoms with Crippen LogP contribution in [0.25, 0.3) is 10.9 Å². The van der Waals surface area contributed by atoms with Crippen molar-refractivity contribution in [2.45, 2.75) is 24.8 Å². The molecule has 3 atom stereocenters. The minimum absolute atomic E-state index is 0. The molecule has 0 unspecified atom stereocenters. The number of hydrogen-bond acceptors (Lipinski definition) is 2. The summed E-state index contributed by atoms with van der Waals surface area (Å²) in [5.74, 6) is 1.29. The van der Waals surface area contributed by atoms with Gasteiger partial charge in [-0.25, -0.2) is 0 Å². The maximum absolute atomic E-state index is 5.52. The van der Waals surface area contributed by atoms with Gasteiger partial charge < -0.3 is 20.9 Å². The molecule has 1 aliphatic heterocycles. The van der Waals surface area contributed by atoms with E-state index < -0.39 is 0 Å². The van der Waals surface area contributed by atoms with E-state index in [1.54, 1.807) is 0 Å². The second-order valence-corrected chi connectivity index (χ2v) is 7.19. The van der Waals surface area contributed by atoms with Gasteiger partial charge in [-0.05, 0) is 43.0 Å². The van der Waals surface area contributed by atoms with Crippen molar-refractivity contribution in [3.63, 3.8) is 0 Å². The quantitative estimate of drug-likeness (QED) is 0.643. The Labute approximate surface area is 149 Å². The van der Waals surface area contributed by atoms with Crippen molar-refractivity contribution < 1.29 is 0 Å². The first-order chi connectivity index (χ1) is 11.0. The van der Waals surface area contributed by atoms with Crippen LogP contribution in [-0.2, 0) is 13.5 Å². The number of guanidine groups is 1. The Morgan fingerprint density at radius 2 is 2.08 bits per heavy atom. The van der Waals surface area contributed by atoms with Gasteiger partial charge in [-0.2, -0.15) is 0 Å². The third-order valence-electron chi connectivity index (χ3n) is 5.65. The number of nitrogens with zero attached hydrogens (tertiary/aromatic N) is 3. The SMILES string of the molecule is CN1C[C@H](CN=C(N)N)C[C@@H]2c3cccc4c3c(cn4C)C[C@H]21.Cl. The molecule has 2 aromatic rings. The first-order valence-electron chi connectivity index (χ1n) is 8.37. The highest BCUT2D eigenvalue weighted by Gasteiger charge is 2.39. The van der Waals surface area contributed by atoms with Crippen molar-refractivity contribution in [1.29, 1.82) is 0 Å². The van der Waals surface area contributed by atoms with Crippen LogP contribution in [0.5, 0.6) is 0 Å². The van der Waals surface area contributed by atoms with Crippen LogP contribution in [0.1, 0.15) is 23.5 Å². The van der Waals surface area contributed by atoms with E-state index in [1.165, 1.54) is 28.5 Å². The number of aryl methyl sites for hydroxylation is 1. The van der Waals surface area contributed by atoms with Crippen LogP contribution in [0.15, 0.2) is 29.4 Å². The number of piperidine rings is 1. The van der Waals surface area contributed by atoms with Gasteiger partial charge in [0, 0.05) is 49.2 Å². The zero-order chi connectivity index (χ0) is 16.1. The Morgan fingerprint density at radius 1 is 1.29 bits per heavy atom. The minimum Gasteiger partial charge on any atom is -0.370 e. The third kappa shape index (κ3) is 2.66. The van der Waals surface area contributed by atoms with Gasteiger partial charge in [-0.3, -0.25) is 4.99 Å². The molecule has 0 amide bonds. The number of aliphatic imine (C=N–C) groups is 1. The molecular formula is C18H26ClN5. The molecule has 2 heterocycles. The second kappa shape index (κ2) is 6.30. The fourth-order valence-corrected chi connectivity index (χ4v) is 4.70. The molecule has 1 aromatic carbocycles. The average molecular weight is 348 g/mol. The van der Waals surface area contributed by atoms with E-state index in [2.05, 4.69) is 53.0 Å². The summed E-state index contributed by atoms with van der Waals surface area (Å²) in [7, 11) is 4.39. The molecule has 6 heteroatoms. The molecule has 24 heavy (non-hydrogen) atoms. The smallest absolute Gasteiger partial charge is 0.185 e. The van der Waals surface area contributed by atoms with Crippen molar-refractivity contribution in [2.75, 3.05) is 20.1 Å². The maximum Gasteiger partial charge on any atom is 0.185 e. The fourth-order valence-electron chi connectivity index (χ4n) is 4.70. The van der Waals surface area contributed by atoms with Gasteiger partial charge in [0.1, 0.15) is 0 Å². The summed E-state index contributed by atoms with van der Waals surface area (Å²) < 4.78 is 2.27. The predicted octanol–water partition coefficient (Wildman–Crippen LogP) is 1.83. The van der Waals surface area contributed by atoms with Gasteiger partial charge in [0.15, 0.2) is 5.96 Å². The molecule has 4 rings (SSSR count). The highest BCUT2D eigenvalue weighted by atomic mass is 35.5. The van der Waals surface area contributed by atoms with Crippen molar-refractivity contribution in [1.82, 2.24) is 9.47 Å². The van der Waals surface area contributed by atoms with Crippen LogP contribution >= 0.6 is 12.4 Å². The van der Waals surface area contributed by atoms with E-state index in [0.29, 0.717) is 17.9 Å². The van der Waals surface area contributed by atoms with Crippen molar-refractivity contribution >= 4 is 29.3 Å². The summed E-state index contributed by atoms with van der Waals surface area (Å²) in [6, 6.07) is 7.33. The van der Waals surface area contributed by atoms with Crippen LogP contribution in [-0.4, -0.2) is 41.6 Å². The third-order valence-corrected chi connectivity index (χ3v) is 5.65. The number of fused-ring (bicyclic) bond motifs is 2. The fraction of sp³-hybridized carbons (Fsp3) is 0.500. The molecule has 1 aliphatic carbocycles. The number of hydrogen-bond donors (Lipinski definition) is 2. The van der Waals surface area contributed by atoms with E-state index in [9.17, 15) is 0 Å². The minimum atomic E-state index is 0. The molecular weight excluding hydrogens is 322 g/mol. The van der Waals surface area contributed by atoms with Crippen molar-refractivity contribution in [2.24, 2.45) is 29.4 Å². The molecule has 0 saturated carbocycles. The maximum atomic E-state index is 5.52. The second-order valence-electron chi connectivity index (χ2n) is 7.19. The molecule has 1 saturated heterocycles. The molecule has 0 spiro atoms. The van der Waals surface area contributed by atoms with Gasteiger partial charge in [0.05, 0.1) is 0 Å². The summed E-state index contributed by atoms with van der Waals surface area (Å²) in [6.07, 6.45) is 4.62. The molecule has 0 radical (unpaired) electrons. The zero-order valence-electron chi connectivity index (χ0n) is 14.3. The molecule has 1 fully saturated rings. The van der Waals surface area contributed by atoms with Crippen molar-refractivity contribution in [3.05, 3.63) is 35.5 Å². The summed E-state index contributed by atoms with van der Waals surface area (Å²) in [4.78, 5) is 6.77. The van der Waals surface area contributed by atoms with E-state index in [0.717, 1.165) is 19.5 Å². The van der Waals surface area contributed by atoms with E-state index in [-0.39, 0.29) is 18.4 Å². The average Bonchev–Trinajstić information content (AvgIpc) is 2.84. The number of halogens is 1. The molecule has 130 valence electrons. The Morgan fingerprint density at radius 3 is 2.83 bits per heavy atom. The Bertz CT molecular complexity index is 777. The Hall–Kier alpha value is -1.72. The number of benzene rings is 1. The van der Waals surface area contributed by atoms with Gasteiger partial charge >= 0.3 is 0 Å². The lowest BCUT2D eigenvalue weighted by Gasteiger charge is -2.45. The van der Waals surface area contributed by atoms with Gasteiger partial charge in [0.25, 0.3) is 0 Å². The van der Waals surface area contributed by atoms with Crippen LogP contribution in [0, 0.1) is 5.92 Å². The molecule has 5 nitrogen and oxygen atoms in total. The number of nitrogens with two attached hydrogens (primary N) is 2. The standard InChI is InChI=1S/C18H25N5.ClH/c1-22-9-11(8-21-18(19)20)6-14-13-4-3-5-15-17(13)12(7-16(14)22)10-23(15)2;/h3-5,10-11,14,16H,6-9H2,1-2H3,(H4,19,20,21);1H/t11-,14+,16+;/m0./s1. The van der Waals surface area contributed by atoms with Crippen molar-refractivity contribution in [3.8, 4) is 0 Å². The largest absolute Gasteiger partial charge is 0.370 e. The van der Waals surface area contributed by atoms with Gasteiger partial charge in [0.2, 0.25) is 0 Å². The molecule has 2 aliphatic rings. The summed E-state index contributed by atoms with van der Waals surface area (Å²) in [5, 5.41) is 1.48. The van der Waals surface area contributed by atoms with E-state index >= 15 is 0 Å². The lowest BCUT2D eigenvalue weighted by Crippen LogP contribution is -2.48. The monoisotopic (exact) mass is 347 g/mol. The molecule has 0 bridgehead atoms. The highest BCUT2D eigenvalue weighted by Crippen LogP contribution is 2.44. The normalized spacial score (nSPS) is 25.8. The van der Waals surface area contributed by atoms with Crippen LogP contribution < -0.4 is 11.5 Å². The predicted molar refractivity (Wildman–Crippen MR) is 102 cm³/mol. The number of likely N-dealkylation sites (tertiary alicyclic amines) is 1. The zero-order valence-corrected chi connectivity index (χ0v) is 15.1. The first kappa shape index (κ1) is 17.1. The van der Waals surface area contributed by atoms with E-state index in [4.69, 9.17) is 11.5 Å². The number of likely N-dealkylation sites (N-methyl/N-ethyl adjacent to an activating group) is 1. The highest BCUT2D eigenvalue weighted by molar-refractivity contribution is 5.89. The van der Waals surface area contributed by atoms with Gasteiger partial charge in [-0.1, -0.05) is 12.1 Å². The topological polar surface area (TPSA) is 72.6 Å². The summed E-state index contributed by atoms with van der Waals surface area (Å²) in [5.41, 5.74) is 15.4. The van der Waals surface area contributed by atoms with Crippen LogP contribution in [0.4, 0.5) is 0 Å². The summed E-state index contributed by atoms with van der Waals surface area (Å²) >= 11 is 0. The van der Waals surface area contributed by atoms with Crippen LogP contribution in [0.2, 0.25) is 0 Å². The van der Waals surface area contributed by atoms with Crippen LogP contribution in [0.3, 0.4) is 0 Å². The lowest BCUT2D eigenvalue weighted by molar-refractivity contribution is 0.115. The Balaban J connectivity index is 0.00000169. The first-order valence-corrected chi connectivity index (χ1v) is 8.37. The molecule has 1 aromatic heterocycles. The lowest BCUT2D eigenvalue weighted by atomic mass is 9.72. The molecule has 4 N–H and O–H groups in total. The van der Waals surface area contributed by atoms with Gasteiger partial charge in [-0.15, -0.1) is 12.4 Å². The number of rotatable bonds is 2. The number of aromatic nitrogens is 1.